The number of hydrogen-bond donors (Lipinski definition) is 2. The predicted octanol–water partition coefficient (Wildman–Crippen LogP) is -0.218. The van der Waals surface area contributed by atoms with Crippen molar-refractivity contribution in [1.29, 1.82) is 0 Å². The van der Waals surface area contributed by atoms with Crippen LogP contribution in [0.2, 0.25) is 0 Å². The molecule has 1 unspecified atom stereocenters. The SMILES string of the molecule is Cn1cc(C(N)c2nnc3c4[nH]cnc4ncn23)cn1. The van der Waals surface area contributed by atoms with E-state index in [1.165, 1.54) is 0 Å². The van der Waals surface area contributed by atoms with Crippen LogP contribution in [0.5, 0.6) is 0 Å². The molecule has 0 fully saturated rings. The van der Waals surface area contributed by atoms with E-state index >= 15 is 0 Å². The Hall–Kier alpha value is -2.81. The highest BCUT2D eigenvalue weighted by atomic mass is 15.3. The second kappa shape index (κ2) is 3.84. The van der Waals surface area contributed by atoms with Crippen molar-refractivity contribution in [3.8, 4) is 0 Å². The average Bonchev–Trinajstić information content (AvgIpc) is 3.15. The Kier molecular flexibility index (Phi) is 2.12. The van der Waals surface area contributed by atoms with Crippen LogP contribution in [0, 0.1) is 0 Å². The monoisotopic (exact) mass is 269 g/mol. The molecule has 4 aromatic rings. The number of H-pyrrole nitrogens is 1. The summed E-state index contributed by atoms with van der Waals surface area (Å²) in [5.74, 6) is 0.608. The smallest absolute Gasteiger partial charge is 0.189 e. The summed E-state index contributed by atoms with van der Waals surface area (Å²) in [6.45, 7) is 0. The van der Waals surface area contributed by atoms with Gasteiger partial charge in [-0.05, 0) is 0 Å². The van der Waals surface area contributed by atoms with Crippen molar-refractivity contribution >= 4 is 16.8 Å². The van der Waals surface area contributed by atoms with Gasteiger partial charge in [0, 0.05) is 18.8 Å². The summed E-state index contributed by atoms with van der Waals surface area (Å²) in [4.78, 5) is 11.3. The summed E-state index contributed by atoms with van der Waals surface area (Å²) < 4.78 is 3.46. The van der Waals surface area contributed by atoms with Crippen molar-refractivity contribution < 1.29 is 0 Å². The molecule has 3 N–H and O–H groups in total. The molecule has 9 nitrogen and oxygen atoms in total. The molecule has 0 spiro atoms. The van der Waals surface area contributed by atoms with Crippen LogP contribution in [0.1, 0.15) is 17.4 Å². The fourth-order valence-corrected chi connectivity index (χ4v) is 2.21. The highest BCUT2D eigenvalue weighted by molar-refractivity contribution is 5.84. The Morgan fingerprint density at radius 1 is 1.30 bits per heavy atom. The van der Waals surface area contributed by atoms with E-state index in [9.17, 15) is 0 Å². The lowest BCUT2D eigenvalue weighted by Crippen LogP contribution is -2.15. The molecule has 4 heterocycles. The third kappa shape index (κ3) is 1.43. The van der Waals surface area contributed by atoms with Gasteiger partial charge in [-0.25, -0.2) is 9.97 Å². The molecule has 0 saturated carbocycles. The summed E-state index contributed by atoms with van der Waals surface area (Å²) in [6.07, 6.45) is 6.78. The lowest BCUT2D eigenvalue weighted by Gasteiger charge is -2.06. The maximum Gasteiger partial charge on any atom is 0.189 e. The molecule has 0 aromatic carbocycles. The van der Waals surface area contributed by atoms with E-state index in [0.29, 0.717) is 17.1 Å². The molecule has 9 heteroatoms. The Balaban J connectivity index is 1.91. The molecule has 0 aliphatic rings. The second-order valence-electron chi connectivity index (χ2n) is 4.52. The van der Waals surface area contributed by atoms with Gasteiger partial charge in [-0.2, -0.15) is 5.10 Å². The maximum atomic E-state index is 6.23. The number of nitrogens with two attached hydrogens (primary N) is 1. The average molecular weight is 269 g/mol. The third-order valence-corrected chi connectivity index (χ3v) is 3.22. The van der Waals surface area contributed by atoms with Crippen molar-refractivity contribution in [2.24, 2.45) is 12.8 Å². The van der Waals surface area contributed by atoms with E-state index in [2.05, 4.69) is 30.2 Å². The number of aromatic nitrogens is 8. The summed E-state index contributed by atoms with van der Waals surface area (Å²) in [5.41, 5.74) is 9.09. The van der Waals surface area contributed by atoms with Gasteiger partial charge in [-0.3, -0.25) is 9.08 Å². The van der Waals surface area contributed by atoms with Gasteiger partial charge >= 0.3 is 0 Å². The first-order valence-corrected chi connectivity index (χ1v) is 6.01. The topological polar surface area (TPSA) is 116 Å². The van der Waals surface area contributed by atoms with Crippen LogP contribution in [0.25, 0.3) is 16.8 Å². The number of aryl methyl sites for hydroxylation is 1. The van der Waals surface area contributed by atoms with Gasteiger partial charge in [-0.1, -0.05) is 0 Å². The summed E-state index contributed by atoms with van der Waals surface area (Å²) in [6, 6.07) is -0.416. The Morgan fingerprint density at radius 2 is 2.20 bits per heavy atom. The summed E-state index contributed by atoms with van der Waals surface area (Å²) in [5, 5.41) is 12.5. The van der Waals surface area contributed by atoms with Gasteiger partial charge in [0.25, 0.3) is 0 Å². The van der Waals surface area contributed by atoms with Gasteiger partial charge < -0.3 is 10.7 Å². The fourth-order valence-electron chi connectivity index (χ4n) is 2.21. The fraction of sp³-hybridized carbons (Fsp3) is 0.182. The molecule has 4 aromatic heterocycles. The van der Waals surface area contributed by atoms with Crippen molar-refractivity contribution in [2.45, 2.75) is 6.04 Å². The van der Waals surface area contributed by atoms with E-state index in [4.69, 9.17) is 5.73 Å². The zero-order chi connectivity index (χ0) is 13.7. The van der Waals surface area contributed by atoms with Gasteiger partial charge in [0.1, 0.15) is 11.8 Å². The maximum absolute atomic E-state index is 6.23. The van der Waals surface area contributed by atoms with E-state index in [-0.39, 0.29) is 0 Å². The zero-order valence-electron chi connectivity index (χ0n) is 10.6. The van der Waals surface area contributed by atoms with Gasteiger partial charge in [-0.15, -0.1) is 10.2 Å². The Morgan fingerprint density at radius 3 is 3.00 bits per heavy atom. The highest BCUT2D eigenvalue weighted by Crippen LogP contribution is 2.20. The molecule has 100 valence electrons. The number of fused-ring (bicyclic) bond motifs is 3. The van der Waals surface area contributed by atoms with E-state index in [0.717, 1.165) is 11.1 Å². The zero-order valence-corrected chi connectivity index (χ0v) is 10.6. The summed E-state index contributed by atoms with van der Waals surface area (Å²) >= 11 is 0. The number of imidazole rings is 1. The molecule has 0 amide bonds. The molecule has 0 aliphatic carbocycles. The normalized spacial score (nSPS) is 13.3. The summed E-state index contributed by atoms with van der Waals surface area (Å²) in [7, 11) is 1.84. The first-order chi connectivity index (χ1) is 9.74. The van der Waals surface area contributed by atoms with Crippen LogP contribution < -0.4 is 5.73 Å². The molecule has 0 bridgehead atoms. The van der Waals surface area contributed by atoms with Crippen LogP contribution in [-0.4, -0.2) is 39.3 Å². The van der Waals surface area contributed by atoms with Crippen LogP contribution >= 0.6 is 0 Å². The highest BCUT2D eigenvalue weighted by Gasteiger charge is 2.19. The van der Waals surface area contributed by atoms with Crippen LogP contribution in [-0.2, 0) is 7.05 Å². The first kappa shape index (κ1) is 11.1. The van der Waals surface area contributed by atoms with Crippen LogP contribution in [0.4, 0.5) is 0 Å². The lowest BCUT2D eigenvalue weighted by atomic mass is 10.1. The van der Waals surface area contributed by atoms with Crippen molar-refractivity contribution in [2.75, 3.05) is 0 Å². The molecule has 0 radical (unpaired) electrons. The minimum absolute atomic E-state index is 0.416. The molecule has 0 saturated heterocycles. The van der Waals surface area contributed by atoms with Crippen molar-refractivity contribution in [3.63, 3.8) is 0 Å². The second-order valence-corrected chi connectivity index (χ2v) is 4.52. The van der Waals surface area contributed by atoms with Crippen LogP contribution in [0.3, 0.4) is 0 Å². The minimum atomic E-state index is -0.416. The molecular formula is C11H11N9. The van der Waals surface area contributed by atoms with E-state index < -0.39 is 6.04 Å². The lowest BCUT2D eigenvalue weighted by molar-refractivity contribution is 0.750. The number of rotatable bonds is 2. The van der Waals surface area contributed by atoms with Crippen LogP contribution in [0.15, 0.2) is 25.0 Å². The quantitative estimate of drug-likeness (QED) is 0.520. The number of nitrogens with zero attached hydrogens (tertiary/aromatic N) is 7. The molecular weight excluding hydrogens is 258 g/mol. The largest absolute Gasteiger partial charge is 0.340 e. The first-order valence-electron chi connectivity index (χ1n) is 6.01. The Bertz CT molecular complexity index is 899. The predicted molar refractivity (Wildman–Crippen MR) is 69.7 cm³/mol. The van der Waals surface area contributed by atoms with Crippen molar-refractivity contribution in [1.82, 2.24) is 39.3 Å². The number of nitrogens with one attached hydrogen (secondary N) is 1. The van der Waals surface area contributed by atoms with Gasteiger partial charge in [0.05, 0.1) is 18.6 Å². The molecule has 1 atom stereocenters. The molecule has 4 rings (SSSR count). The van der Waals surface area contributed by atoms with Gasteiger partial charge in [0.15, 0.2) is 17.1 Å². The Labute approximate surface area is 112 Å². The van der Waals surface area contributed by atoms with E-state index in [1.807, 2.05) is 13.2 Å². The molecule has 0 aliphatic heterocycles. The van der Waals surface area contributed by atoms with Crippen molar-refractivity contribution in [3.05, 3.63) is 36.4 Å². The van der Waals surface area contributed by atoms with E-state index in [1.54, 1.807) is 27.9 Å². The third-order valence-electron chi connectivity index (χ3n) is 3.22. The standard InChI is InChI=1S/C11H11N9/c1-19-3-6(2-16-19)7(12)10-17-18-11-8-9(14-4-13-8)15-5-20(10)11/h2-5,7H,12H2,1H3,(H,13,14). The van der Waals surface area contributed by atoms with Gasteiger partial charge in [0.2, 0.25) is 0 Å². The number of aromatic amines is 1. The molecule has 20 heavy (non-hydrogen) atoms. The number of hydrogen-bond acceptors (Lipinski definition) is 6. The minimum Gasteiger partial charge on any atom is -0.340 e.